The number of ether oxygens (including phenoxy) is 1. The van der Waals surface area contributed by atoms with Gasteiger partial charge in [0.2, 0.25) is 0 Å². The molecule has 0 aromatic heterocycles. The van der Waals surface area contributed by atoms with Crippen LogP contribution in [-0.4, -0.2) is 7.11 Å². The summed E-state index contributed by atoms with van der Waals surface area (Å²) >= 11 is 2.31. The molecular formula is C18H16INO. The Morgan fingerprint density at radius 2 is 1.62 bits per heavy atom. The zero-order valence-electron chi connectivity index (χ0n) is 11.7. The third-order valence-electron chi connectivity index (χ3n) is 3.64. The van der Waals surface area contributed by atoms with Crippen molar-refractivity contribution in [2.45, 2.75) is 6.04 Å². The van der Waals surface area contributed by atoms with Gasteiger partial charge in [0.05, 0.1) is 13.2 Å². The summed E-state index contributed by atoms with van der Waals surface area (Å²) in [5.41, 5.74) is 8.66. The quantitative estimate of drug-likeness (QED) is 0.670. The van der Waals surface area contributed by atoms with E-state index in [1.807, 2.05) is 18.2 Å². The highest BCUT2D eigenvalue weighted by molar-refractivity contribution is 14.1. The molecule has 1 atom stereocenters. The van der Waals surface area contributed by atoms with Crippen LogP contribution < -0.4 is 10.5 Å². The molecule has 106 valence electrons. The van der Waals surface area contributed by atoms with E-state index in [2.05, 4.69) is 65.1 Å². The maximum atomic E-state index is 6.40. The fraction of sp³-hybridized carbons (Fsp3) is 0.111. The van der Waals surface area contributed by atoms with E-state index in [4.69, 9.17) is 10.5 Å². The summed E-state index contributed by atoms with van der Waals surface area (Å²) < 4.78 is 6.46. The van der Waals surface area contributed by atoms with E-state index in [-0.39, 0.29) is 6.04 Å². The highest BCUT2D eigenvalue weighted by Gasteiger charge is 2.10. The summed E-state index contributed by atoms with van der Waals surface area (Å²) in [5.74, 6) is 0.872. The smallest absolute Gasteiger partial charge is 0.119 e. The van der Waals surface area contributed by atoms with Crippen LogP contribution in [-0.2, 0) is 0 Å². The molecule has 3 aromatic rings. The van der Waals surface area contributed by atoms with Crippen molar-refractivity contribution in [3.8, 4) is 5.75 Å². The first-order chi connectivity index (χ1) is 10.2. The second-order valence-corrected chi connectivity index (χ2v) is 6.25. The molecule has 0 amide bonds. The van der Waals surface area contributed by atoms with Crippen LogP contribution in [0.4, 0.5) is 0 Å². The van der Waals surface area contributed by atoms with Crippen molar-refractivity contribution < 1.29 is 4.74 Å². The molecule has 3 rings (SSSR count). The van der Waals surface area contributed by atoms with E-state index < -0.39 is 0 Å². The van der Waals surface area contributed by atoms with Gasteiger partial charge in [0, 0.05) is 3.57 Å². The van der Waals surface area contributed by atoms with E-state index in [0.29, 0.717) is 0 Å². The number of halogens is 1. The molecule has 0 fully saturated rings. The molecule has 0 heterocycles. The molecule has 0 aliphatic carbocycles. The van der Waals surface area contributed by atoms with Gasteiger partial charge in [-0.25, -0.2) is 0 Å². The summed E-state index contributed by atoms with van der Waals surface area (Å²) in [7, 11) is 1.68. The molecule has 0 radical (unpaired) electrons. The van der Waals surface area contributed by atoms with Gasteiger partial charge in [-0.2, -0.15) is 0 Å². The Labute approximate surface area is 138 Å². The van der Waals surface area contributed by atoms with Gasteiger partial charge in [-0.1, -0.05) is 30.3 Å². The number of fused-ring (bicyclic) bond motifs is 1. The minimum absolute atomic E-state index is 0.105. The molecule has 0 saturated heterocycles. The minimum atomic E-state index is -0.105. The van der Waals surface area contributed by atoms with E-state index >= 15 is 0 Å². The maximum absolute atomic E-state index is 6.40. The summed E-state index contributed by atoms with van der Waals surface area (Å²) in [6.07, 6.45) is 0. The van der Waals surface area contributed by atoms with Crippen LogP contribution >= 0.6 is 22.6 Å². The summed E-state index contributed by atoms with van der Waals surface area (Å²) in [6, 6.07) is 20.6. The van der Waals surface area contributed by atoms with Crippen molar-refractivity contribution in [3.05, 3.63) is 75.4 Å². The highest BCUT2D eigenvalue weighted by atomic mass is 127. The summed E-state index contributed by atoms with van der Waals surface area (Å²) in [4.78, 5) is 0. The average molecular weight is 389 g/mol. The molecule has 0 aliphatic heterocycles. The van der Waals surface area contributed by atoms with Crippen LogP contribution in [0.5, 0.6) is 5.75 Å². The van der Waals surface area contributed by atoms with Crippen LogP contribution in [0.15, 0.2) is 60.7 Å². The molecular weight excluding hydrogens is 373 g/mol. The molecule has 3 heteroatoms. The standard InChI is InChI=1S/C18H16INO/c1-21-17-8-7-12-9-15(6-5-13(12)11-17)18(20)14-3-2-4-16(19)10-14/h2-11,18H,20H2,1H3. The second-order valence-electron chi connectivity index (χ2n) is 5.01. The first kappa shape index (κ1) is 14.4. The lowest BCUT2D eigenvalue weighted by molar-refractivity contribution is 0.415. The van der Waals surface area contributed by atoms with Crippen molar-refractivity contribution in [3.63, 3.8) is 0 Å². The summed E-state index contributed by atoms with van der Waals surface area (Å²) in [6.45, 7) is 0. The molecule has 0 aliphatic rings. The Bertz CT molecular complexity index is 785. The van der Waals surface area contributed by atoms with Crippen LogP contribution in [0.1, 0.15) is 17.2 Å². The number of rotatable bonds is 3. The molecule has 1 unspecified atom stereocenters. The van der Waals surface area contributed by atoms with Crippen molar-refractivity contribution in [1.29, 1.82) is 0 Å². The van der Waals surface area contributed by atoms with Gasteiger partial charge in [0.25, 0.3) is 0 Å². The van der Waals surface area contributed by atoms with Crippen LogP contribution in [0, 0.1) is 3.57 Å². The third kappa shape index (κ3) is 3.04. The first-order valence-corrected chi connectivity index (χ1v) is 7.84. The van der Waals surface area contributed by atoms with Gasteiger partial charge in [0.1, 0.15) is 5.75 Å². The molecule has 21 heavy (non-hydrogen) atoms. The fourth-order valence-corrected chi connectivity index (χ4v) is 3.02. The highest BCUT2D eigenvalue weighted by Crippen LogP contribution is 2.26. The van der Waals surface area contributed by atoms with Gasteiger partial charge in [-0.05, 0) is 74.8 Å². The first-order valence-electron chi connectivity index (χ1n) is 6.76. The summed E-state index contributed by atoms with van der Waals surface area (Å²) in [5, 5.41) is 2.34. The molecule has 2 N–H and O–H groups in total. The molecule has 2 nitrogen and oxygen atoms in total. The van der Waals surface area contributed by atoms with Crippen molar-refractivity contribution >= 4 is 33.4 Å². The Morgan fingerprint density at radius 3 is 2.38 bits per heavy atom. The minimum Gasteiger partial charge on any atom is -0.497 e. The lowest BCUT2D eigenvalue weighted by Gasteiger charge is -2.14. The topological polar surface area (TPSA) is 35.2 Å². The third-order valence-corrected chi connectivity index (χ3v) is 4.31. The van der Waals surface area contributed by atoms with Gasteiger partial charge in [0.15, 0.2) is 0 Å². The number of benzene rings is 3. The molecule has 3 aromatic carbocycles. The van der Waals surface area contributed by atoms with Crippen LogP contribution in [0.25, 0.3) is 10.8 Å². The maximum Gasteiger partial charge on any atom is 0.119 e. The Balaban J connectivity index is 2.00. The van der Waals surface area contributed by atoms with Gasteiger partial charge in [-0.3, -0.25) is 0 Å². The van der Waals surface area contributed by atoms with Gasteiger partial charge >= 0.3 is 0 Å². The lowest BCUT2D eigenvalue weighted by Crippen LogP contribution is -2.11. The Morgan fingerprint density at radius 1 is 0.905 bits per heavy atom. The van der Waals surface area contributed by atoms with Crippen molar-refractivity contribution in [1.82, 2.24) is 0 Å². The number of nitrogens with two attached hydrogens (primary N) is 1. The fourth-order valence-electron chi connectivity index (χ4n) is 2.46. The number of hydrogen-bond acceptors (Lipinski definition) is 2. The second kappa shape index (κ2) is 6.03. The van der Waals surface area contributed by atoms with E-state index in [9.17, 15) is 0 Å². The zero-order chi connectivity index (χ0) is 14.8. The predicted molar refractivity (Wildman–Crippen MR) is 95.7 cm³/mol. The number of methoxy groups -OCH3 is 1. The molecule has 0 spiro atoms. The largest absolute Gasteiger partial charge is 0.497 e. The Kier molecular flexibility index (Phi) is 4.12. The van der Waals surface area contributed by atoms with Crippen molar-refractivity contribution in [2.75, 3.05) is 7.11 Å². The van der Waals surface area contributed by atoms with Crippen LogP contribution in [0.3, 0.4) is 0 Å². The molecule has 0 saturated carbocycles. The predicted octanol–water partition coefficient (Wildman–Crippen LogP) is 4.50. The van der Waals surface area contributed by atoms with E-state index in [1.54, 1.807) is 7.11 Å². The zero-order valence-corrected chi connectivity index (χ0v) is 13.9. The van der Waals surface area contributed by atoms with E-state index in [0.717, 1.165) is 22.3 Å². The van der Waals surface area contributed by atoms with Gasteiger partial charge in [-0.15, -0.1) is 0 Å². The Hall–Kier alpha value is -1.59. The number of hydrogen-bond donors (Lipinski definition) is 1. The SMILES string of the molecule is COc1ccc2cc(C(N)c3cccc(I)c3)ccc2c1. The molecule has 0 bridgehead atoms. The van der Waals surface area contributed by atoms with Crippen molar-refractivity contribution in [2.24, 2.45) is 5.73 Å². The van der Waals surface area contributed by atoms with Gasteiger partial charge < -0.3 is 10.5 Å². The average Bonchev–Trinajstić information content (AvgIpc) is 2.53. The monoisotopic (exact) mass is 389 g/mol. The van der Waals surface area contributed by atoms with E-state index in [1.165, 1.54) is 8.96 Å². The lowest BCUT2D eigenvalue weighted by atomic mass is 9.97. The normalized spacial score (nSPS) is 12.3. The van der Waals surface area contributed by atoms with Crippen LogP contribution in [0.2, 0.25) is 0 Å².